The Kier molecular flexibility index (Phi) is 6.15. The van der Waals surface area contributed by atoms with Crippen LogP contribution in [0.2, 0.25) is 0 Å². The maximum Gasteiger partial charge on any atom is 0.255 e. The van der Waals surface area contributed by atoms with E-state index in [-0.39, 0.29) is 11.9 Å². The lowest BCUT2D eigenvalue weighted by molar-refractivity contribution is 0.0935. The Labute approximate surface area is 116 Å². The smallest absolute Gasteiger partial charge is 0.255 e. The molecule has 0 fully saturated rings. The molecule has 1 N–H and O–H groups in total. The largest absolute Gasteiger partial charge is 0.490 e. The zero-order valence-electron chi connectivity index (χ0n) is 10.8. The molecule has 0 unspecified atom stereocenters. The number of ether oxygens (including phenoxy) is 2. The van der Waals surface area contributed by atoms with Crippen LogP contribution in [0.4, 0.5) is 0 Å². The van der Waals surface area contributed by atoms with E-state index in [0.29, 0.717) is 24.5 Å². The summed E-state index contributed by atoms with van der Waals surface area (Å²) >= 11 is 3.36. The zero-order valence-corrected chi connectivity index (χ0v) is 12.4. The Morgan fingerprint density at radius 2 is 2.11 bits per heavy atom. The quantitative estimate of drug-likeness (QED) is 0.821. The SMILES string of the molecule is COCCOc1cc(Br)ccc1C(=O)NC(C)C. The fourth-order valence-electron chi connectivity index (χ4n) is 1.38. The minimum Gasteiger partial charge on any atom is -0.490 e. The Balaban J connectivity index is 2.85. The molecular weight excluding hydrogens is 298 g/mol. The summed E-state index contributed by atoms with van der Waals surface area (Å²) in [6, 6.07) is 5.43. The van der Waals surface area contributed by atoms with Crippen LogP contribution in [0.1, 0.15) is 24.2 Å². The molecule has 0 aliphatic heterocycles. The van der Waals surface area contributed by atoms with Crippen LogP contribution >= 0.6 is 15.9 Å². The average molecular weight is 316 g/mol. The van der Waals surface area contributed by atoms with Gasteiger partial charge in [0.05, 0.1) is 12.2 Å². The van der Waals surface area contributed by atoms with E-state index < -0.39 is 0 Å². The normalized spacial score (nSPS) is 10.5. The van der Waals surface area contributed by atoms with Crippen LogP contribution < -0.4 is 10.1 Å². The highest BCUT2D eigenvalue weighted by atomic mass is 79.9. The predicted molar refractivity (Wildman–Crippen MR) is 74.1 cm³/mol. The number of carbonyl (C=O) groups excluding carboxylic acids is 1. The van der Waals surface area contributed by atoms with Crippen molar-refractivity contribution in [3.63, 3.8) is 0 Å². The summed E-state index contributed by atoms with van der Waals surface area (Å²) in [5, 5.41) is 2.84. The third-order valence-electron chi connectivity index (χ3n) is 2.15. The Bertz CT molecular complexity index is 407. The van der Waals surface area contributed by atoms with Crippen molar-refractivity contribution >= 4 is 21.8 Å². The molecule has 0 saturated carbocycles. The van der Waals surface area contributed by atoms with Gasteiger partial charge in [-0.15, -0.1) is 0 Å². The van der Waals surface area contributed by atoms with Gasteiger partial charge in [0.2, 0.25) is 0 Å². The molecule has 0 aliphatic rings. The summed E-state index contributed by atoms with van der Waals surface area (Å²) in [4.78, 5) is 12.0. The molecule has 0 aliphatic carbocycles. The maximum absolute atomic E-state index is 12.0. The molecule has 4 nitrogen and oxygen atoms in total. The molecule has 0 radical (unpaired) electrons. The van der Waals surface area contributed by atoms with Crippen molar-refractivity contribution in [2.45, 2.75) is 19.9 Å². The van der Waals surface area contributed by atoms with Gasteiger partial charge in [0.25, 0.3) is 5.91 Å². The van der Waals surface area contributed by atoms with E-state index >= 15 is 0 Å². The molecular formula is C13H18BrNO3. The van der Waals surface area contributed by atoms with E-state index in [4.69, 9.17) is 9.47 Å². The minimum absolute atomic E-state index is 0.0907. The highest BCUT2D eigenvalue weighted by Crippen LogP contribution is 2.23. The number of hydrogen-bond acceptors (Lipinski definition) is 3. The number of nitrogens with one attached hydrogen (secondary N) is 1. The zero-order chi connectivity index (χ0) is 13.5. The molecule has 1 aromatic rings. The van der Waals surface area contributed by atoms with Gasteiger partial charge in [0.1, 0.15) is 12.4 Å². The molecule has 0 spiro atoms. The van der Waals surface area contributed by atoms with E-state index in [9.17, 15) is 4.79 Å². The third-order valence-corrected chi connectivity index (χ3v) is 2.65. The molecule has 0 aromatic heterocycles. The van der Waals surface area contributed by atoms with Crippen molar-refractivity contribution in [3.8, 4) is 5.75 Å². The number of carbonyl (C=O) groups is 1. The first kappa shape index (κ1) is 15.0. The van der Waals surface area contributed by atoms with E-state index in [1.165, 1.54) is 0 Å². The molecule has 100 valence electrons. The van der Waals surface area contributed by atoms with Crippen molar-refractivity contribution in [1.29, 1.82) is 0 Å². The van der Waals surface area contributed by atoms with E-state index in [2.05, 4.69) is 21.2 Å². The van der Waals surface area contributed by atoms with Crippen molar-refractivity contribution in [2.24, 2.45) is 0 Å². The summed E-state index contributed by atoms with van der Waals surface area (Å²) in [5.41, 5.74) is 0.531. The standard InChI is InChI=1S/C13H18BrNO3/c1-9(2)15-13(16)11-5-4-10(14)8-12(11)18-7-6-17-3/h4-5,8-9H,6-7H2,1-3H3,(H,15,16). The Morgan fingerprint density at radius 1 is 1.39 bits per heavy atom. The second-order valence-corrected chi connectivity index (χ2v) is 5.03. The van der Waals surface area contributed by atoms with Crippen LogP contribution in [0, 0.1) is 0 Å². The van der Waals surface area contributed by atoms with Gasteiger partial charge in [0, 0.05) is 17.6 Å². The van der Waals surface area contributed by atoms with Gasteiger partial charge < -0.3 is 14.8 Å². The van der Waals surface area contributed by atoms with Crippen LogP contribution in [0.5, 0.6) is 5.75 Å². The van der Waals surface area contributed by atoms with Gasteiger partial charge in [-0.05, 0) is 32.0 Å². The van der Waals surface area contributed by atoms with Gasteiger partial charge in [-0.1, -0.05) is 15.9 Å². The summed E-state index contributed by atoms with van der Waals surface area (Å²) < 4.78 is 11.3. The molecule has 1 amide bonds. The van der Waals surface area contributed by atoms with Crippen LogP contribution in [0.25, 0.3) is 0 Å². The van der Waals surface area contributed by atoms with Gasteiger partial charge >= 0.3 is 0 Å². The monoisotopic (exact) mass is 315 g/mol. The van der Waals surface area contributed by atoms with Crippen LogP contribution in [0.15, 0.2) is 22.7 Å². The highest BCUT2D eigenvalue weighted by molar-refractivity contribution is 9.10. The van der Waals surface area contributed by atoms with Crippen molar-refractivity contribution in [1.82, 2.24) is 5.32 Å². The molecule has 0 heterocycles. The fourth-order valence-corrected chi connectivity index (χ4v) is 1.72. The third kappa shape index (κ3) is 4.66. The average Bonchev–Trinajstić information content (AvgIpc) is 2.28. The lowest BCUT2D eigenvalue weighted by Crippen LogP contribution is -2.30. The highest BCUT2D eigenvalue weighted by Gasteiger charge is 2.13. The summed E-state index contributed by atoms with van der Waals surface area (Å²) in [6.07, 6.45) is 0. The lowest BCUT2D eigenvalue weighted by Gasteiger charge is -2.13. The molecule has 18 heavy (non-hydrogen) atoms. The van der Waals surface area contributed by atoms with Gasteiger partial charge in [-0.2, -0.15) is 0 Å². The van der Waals surface area contributed by atoms with Crippen molar-refractivity contribution in [3.05, 3.63) is 28.2 Å². The molecule has 1 aromatic carbocycles. The topological polar surface area (TPSA) is 47.6 Å². The number of benzene rings is 1. The van der Waals surface area contributed by atoms with Crippen LogP contribution in [0.3, 0.4) is 0 Å². The Morgan fingerprint density at radius 3 is 2.72 bits per heavy atom. The second-order valence-electron chi connectivity index (χ2n) is 4.11. The van der Waals surface area contributed by atoms with Crippen molar-refractivity contribution in [2.75, 3.05) is 20.3 Å². The number of methoxy groups -OCH3 is 1. The second kappa shape index (κ2) is 7.38. The van der Waals surface area contributed by atoms with Crippen LogP contribution in [-0.4, -0.2) is 32.3 Å². The minimum atomic E-state index is -0.134. The molecule has 0 saturated heterocycles. The summed E-state index contributed by atoms with van der Waals surface area (Å²) in [6.45, 7) is 4.73. The summed E-state index contributed by atoms with van der Waals surface area (Å²) in [5.74, 6) is 0.421. The predicted octanol–water partition coefficient (Wildman–Crippen LogP) is 2.61. The van der Waals surface area contributed by atoms with E-state index in [1.54, 1.807) is 19.2 Å². The molecule has 5 heteroatoms. The van der Waals surface area contributed by atoms with Gasteiger partial charge in [-0.3, -0.25) is 4.79 Å². The molecule has 0 bridgehead atoms. The first-order valence-corrected chi connectivity index (χ1v) is 6.56. The Hall–Kier alpha value is -1.07. The fraction of sp³-hybridized carbons (Fsp3) is 0.462. The first-order chi connectivity index (χ1) is 8.54. The lowest BCUT2D eigenvalue weighted by atomic mass is 10.2. The summed E-state index contributed by atoms with van der Waals surface area (Å²) in [7, 11) is 1.61. The van der Waals surface area contributed by atoms with Gasteiger partial charge in [-0.25, -0.2) is 0 Å². The van der Waals surface area contributed by atoms with Crippen LogP contribution in [-0.2, 0) is 4.74 Å². The number of hydrogen-bond donors (Lipinski definition) is 1. The number of halogens is 1. The molecule has 1 rings (SSSR count). The maximum atomic E-state index is 12.0. The number of amides is 1. The first-order valence-electron chi connectivity index (χ1n) is 5.76. The van der Waals surface area contributed by atoms with E-state index in [0.717, 1.165) is 4.47 Å². The van der Waals surface area contributed by atoms with Gasteiger partial charge in [0.15, 0.2) is 0 Å². The molecule has 0 atom stereocenters. The van der Waals surface area contributed by atoms with Crippen molar-refractivity contribution < 1.29 is 14.3 Å². The number of rotatable bonds is 6. The van der Waals surface area contributed by atoms with E-state index in [1.807, 2.05) is 19.9 Å².